The van der Waals surface area contributed by atoms with E-state index < -0.39 is 11.2 Å². The first-order chi connectivity index (χ1) is 10.4. The van der Waals surface area contributed by atoms with Crippen molar-refractivity contribution in [2.45, 2.75) is 19.3 Å². The summed E-state index contributed by atoms with van der Waals surface area (Å²) in [6, 6.07) is 8.86. The number of aromatic hydroxyl groups is 1. The van der Waals surface area contributed by atoms with E-state index in [1.165, 1.54) is 24.3 Å². The number of carbonyl (C=O) groups is 1. The summed E-state index contributed by atoms with van der Waals surface area (Å²) in [6.07, 6.45) is 0. The topological polar surface area (TPSA) is 50.4 Å². The van der Waals surface area contributed by atoms with Crippen molar-refractivity contribution in [3.05, 3.63) is 64.7 Å². The first kappa shape index (κ1) is 13.1. The molecule has 110 valence electrons. The Morgan fingerprint density at radius 3 is 2.68 bits per heavy atom. The molecule has 3 aromatic rings. The van der Waals surface area contributed by atoms with Gasteiger partial charge in [0, 0.05) is 16.4 Å². The number of halogens is 1. The summed E-state index contributed by atoms with van der Waals surface area (Å²) in [6.45, 7) is 3.85. The molecule has 0 atom stereocenters. The van der Waals surface area contributed by atoms with Crippen molar-refractivity contribution in [3.8, 4) is 5.75 Å². The van der Waals surface area contributed by atoms with Gasteiger partial charge in [-0.2, -0.15) is 0 Å². The number of hydrogen-bond acceptors (Lipinski definition) is 3. The largest absolute Gasteiger partial charge is 0.508 e. The first-order valence-corrected chi connectivity index (χ1v) is 7.00. The van der Waals surface area contributed by atoms with Crippen LogP contribution in [0.1, 0.15) is 41.1 Å². The summed E-state index contributed by atoms with van der Waals surface area (Å²) in [5, 5.41) is 10.2. The number of hydrogen-bond donors (Lipinski definition) is 1. The standard InChI is InChI=1S/C18H13FO3/c1-18(2)13-8-10(20)4-5-11(13)16(21)15-12-7-9(19)3-6-14(12)22-17(15)18/h3-8,20H,1-2H3. The molecule has 1 aliphatic carbocycles. The Kier molecular flexibility index (Phi) is 2.36. The molecule has 4 rings (SSSR count). The van der Waals surface area contributed by atoms with Crippen LogP contribution in [0.3, 0.4) is 0 Å². The highest BCUT2D eigenvalue weighted by molar-refractivity contribution is 6.19. The van der Waals surface area contributed by atoms with Gasteiger partial charge in [0.15, 0.2) is 5.78 Å². The third-order valence-electron chi connectivity index (χ3n) is 4.37. The minimum atomic E-state index is -0.590. The molecule has 3 nitrogen and oxygen atoms in total. The lowest BCUT2D eigenvalue weighted by Gasteiger charge is -2.30. The van der Waals surface area contributed by atoms with Crippen LogP contribution >= 0.6 is 0 Å². The second-order valence-corrected chi connectivity index (χ2v) is 6.13. The van der Waals surface area contributed by atoms with Gasteiger partial charge in [0.2, 0.25) is 0 Å². The van der Waals surface area contributed by atoms with E-state index in [2.05, 4.69) is 0 Å². The predicted molar refractivity (Wildman–Crippen MR) is 79.8 cm³/mol. The third-order valence-corrected chi connectivity index (χ3v) is 4.37. The van der Waals surface area contributed by atoms with Crippen LogP contribution in [0.15, 0.2) is 40.8 Å². The van der Waals surface area contributed by atoms with Crippen LogP contribution in [-0.4, -0.2) is 10.9 Å². The zero-order chi connectivity index (χ0) is 15.6. The minimum Gasteiger partial charge on any atom is -0.508 e. The Morgan fingerprint density at radius 2 is 1.91 bits per heavy atom. The Hall–Kier alpha value is -2.62. The SMILES string of the molecule is CC1(C)c2cc(O)ccc2C(=O)c2c1oc1ccc(F)cc21. The molecular formula is C18H13FO3. The maximum absolute atomic E-state index is 13.6. The van der Waals surface area contributed by atoms with Gasteiger partial charge in [-0.15, -0.1) is 0 Å². The van der Waals surface area contributed by atoms with Crippen LogP contribution in [0.2, 0.25) is 0 Å². The smallest absolute Gasteiger partial charge is 0.197 e. The molecule has 1 N–H and O–H groups in total. The van der Waals surface area contributed by atoms with Crippen molar-refractivity contribution in [2.75, 3.05) is 0 Å². The Morgan fingerprint density at radius 1 is 1.14 bits per heavy atom. The number of phenols is 1. The quantitative estimate of drug-likeness (QED) is 0.678. The van der Waals surface area contributed by atoms with Gasteiger partial charge in [-0.1, -0.05) is 0 Å². The van der Waals surface area contributed by atoms with Crippen LogP contribution in [-0.2, 0) is 5.41 Å². The van der Waals surface area contributed by atoms with E-state index in [-0.39, 0.29) is 11.5 Å². The summed E-state index contributed by atoms with van der Waals surface area (Å²) in [4.78, 5) is 12.8. The van der Waals surface area contributed by atoms with E-state index in [0.717, 1.165) is 0 Å². The van der Waals surface area contributed by atoms with Gasteiger partial charge in [0.25, 0.3) is 0 Å². The molecule has 4 heteroatoms. The van der Waals surface area contributed by atoms with E-state index in [0.29, 0.717) is 33.4 Å². The third kappa shape index (κ3) is 1.52. The van der Waals surface area contributed by atoms with Gasteiger partial charge in [-0.3, -0.25) is 4.79 Å². The molecule has 1 heterocycles. The molecule has 0 fully saturated rings. The fourth-order valence-electron chi connectivity index (χ4n) is 3.24. The molecule has 22 heavy (non-hydrogen) atoms. The molecule has 0 amide bonds. The monoisotopic (exact) mass is 296 g/mol. The molecule has 0 unspecified atom stereocenters. The van der Waals surface area contributed by atoms with Gasteiger partial charge in [0.1, 0.15) is 22.9 Å². The van der Waals surface area contributed by atoms with Crippen LogP contribution in [0, 0.1) is 5.82 Å². The molecule has 1 aliphatic rings. The fraction of sp³-hybridized carbons (Fsp3) is 0.167. The predicted octanol–water partition coefficient (Wildman–Crippen LogP) is 4.15. The summed E-state index contributed by atoms with van der Waals surface area (Å²) >= 11 is 0. The van der Waals surface area contributed by atoms with Crippen molar-refractivity contribution in [1.82, 2.24) is 0 Å². The second kappa shape index (κ2) is 3.97. The number of ketones is 1. The van der Waals surface area contributed by atoms with Gasteiger partial charge >= 0.3 is 0 Å². The van der Waals surface area contributed by atoms with Gasteiger partial charge in [-0.05, 0) is 55.8 Å². The summed E-state index contributed by atoms with van der Waals surface area (Å²) in [5.74, 6) is 0.00770. The molecule has 0 radical (unpaired) electrons. The van der Waals surface area contributed by atoms with Crippen LogP contribution in [0.4, 0.5) is 4.39 Å². The molecule has 0 spiro atoms. The van der Waals surface area contributed by atoms with Crippen molar-refractivity contribution >= 4 is 16.8 Å². The van der Waals surface area contributed by atoms with Crippen molar-refractivity contribution in [2.24, 2.45) is 0 Å². The zero-order valence-electron chi connectivity index (χ0n) is 12.1. The summed E-state index contributed by atoms with van der Waals surface area (Å²) in [5.41, 5.74) is 1.54. The highest BCUT2D eigenvalue weighted by Gasteiger charge is 2.41. The van der Waals surface area contributed by atoms with E-state index in [1.54, 1.807) is 12.1 Å². The van der Waals surface area contributed by atoms with E-state index in [4.69, 9.17) is 4.42 Å². The number of rotatable bonds is 0. The second-order valence-electron chi connectivity index (χ2n) is 6.13. The molecule has 0 saturated heterocycles. The van der Waals surface area contributed by atoms with E-state index in [1.807, 2.05) is 13.8 Å². The number of carbonyl (C=O) groups excluding carboxylic acids is 1. The molecular weight excluding hydrogens is 283 g/mol. The Labute approximate surface area is 126 Å². The average molecular weight is 296 g/mol. The molecule has 0 aliphatic heterocycles. The number of fused-ring (bicyclic) bond motifs is 4. The number of furan rings is 1. The molecule has 0 bridgehead atoms. The first-order valence-electron chi connectivity index (χ1n) is 7.00. The summed E-state index contributed by atoms with van der Waals surface area (Å²) in [7, 11) is 0. The van der Waals surface area contributed by atoms with Crippen LogP contribution in [0.5, 0.6) is 5.75 Å². The average Bonchev–Trinajstić information content (AvgIpc) is 2.85. The van der Waals surface area contributed by atoms with Gasteiger partial charge in [-0.25, -0.2) is 4.39 Å². The maximum Gasteiger partial charge on any atom is 0.197 e. The summed E-state index contributed by atoms with van der Waals surface area (Å²) < 4.78 is 19.4. The lowest BCUT2D eigenvalue weighted by atomic mass is 9.72. The van der Waals surface area contributed by atoms with Crippen molar-refractivity contribution in [3.63, 3.8) is 0 Å². The van der Waals surface area contributed by atoms with Crippen LogP contribution < -0.4 is 0 Å². The van der Waals surface area contributed by atoms with Crippen molar-refractivity contribution < 1.29 is 18.7 Å². The highest BCUT2D eigenvalue weighted by atomic mass is 19.1. The normalized spacial score (nSPS) is 15.7. The number of benzene rings is 2. The lowest BCUT2D eigenvalue weighted by molar-refractivity contribution is 0.102. The Balaban J connectivity index is 2.13. The van der Waals surface area contributed by atoms with Crippen molar-refractivity contribution in [1.29, 1.82) is 0 Å². The molecule has 0 saturated carbocycles. The van der Waals surface area contributed by atoms with E-state index >= 15 is 0 Å². The number of phenolic OH excluding ortho intramolecular Hbond substituents is 1. The molecule has 1 aromatic heterocycles. The van der Waals surface area contributed by atoms with Crippen LogP contribution in [0.25, 0.3) is 11.0 Å². The lowest BCUT2D eigenvalue weighted by Crippen LogP contribution is -2.29. The maximum atomic E-state index is 13.6. The zero-order valence-corrected chi connectivity index (χ0v) is 12.1. The minimum absolute atomic E-state index is 0.102. The molecule has 2 aromatic carbocycles. The van der Waals surface area contributed by atoms with Gasteiger partial charge < -0.3 is 9.52 Å². The van der Waals surface area contributed by atoms with E-state index in [9.17, 15) is 14.3 Å². The fourth-order valence-corrected chi connectivity index (χ4v) is 3.24. The van der Waals surface area contributed by atoms with Gasteiger partial charge in [0.05, 0.1) is 5.56 Å². The highest BCUT2D eigenvalue weighted by Crippen LogP contribution is 2.46. The Bertz CT molecular complexity index is 950.